The maximum absolute atomic E-state index is 11.2. The first-order valence-electron chi connectivity index (χ1n) is 5.41. The highest BCUT2D eigenvalue weighted by atomic mass is 16.3. The Balaban J connectivity index is 0.000000686. The van der Waals surface area contributed by atoms with Crippen molar-refractivity contribution in [3.63, 3.8) is 0 Å². The zero-order chi connectivity index (χ0) is 12.8. The lowest BCUT2D eigenvalue weighted by atomic mass is 10.00. The molecule has 0 spiro atoms. The van der Waals surface area contributed by atoms with Crippen LogP contribution in [-0.2, 0) is 11.2 Å². The molecule has 1 amide bonds. The van der Waals surface area contributed by atoms with Crippen molar-refractivity contribution in [2.45, 2.75) is 12.5 Å². The van der Waals surface area contributed by atoms with Gasteiger partial charge in [0, 0.05) is 19.3 Å². The Hall–Kier alpha value is -1.43. The molecule has 0 bridgehead atoms. The number of fused-ring (bicyclic) bond motifs is 1. The topological polar surface area (TPSA) is 81.6 Å². The molecular weight excluding hydrogens is 220 g/mol. The quantitative estimate of drug-likeness (QED) is 0.599. The summed E-state index contributed by atoms with van der Waals surface area (Å²) in [5.74, 6) is -0.00546. The van der Waals surface area contributed by atoms with Crippen LogP contribution in [0, 0.1) is 0 Å². The lowest BCUT2D eigenvalue weighted by Crippen LogP contribution is -2.17. The molecule has 0 saturated carbocycles. The van der Waals surface area contributed by atoms with Crippen LogP contribution in [0.2, 0.25) is 0 Å². The monoisotopic (exact) mass is 238 g/mol. The molecular formula is C12H18N2O3. The van der Waals surface area contributed by atoms with Crippen LogP contribution in [0.3, 0.4) is 0 Å². The number of carbonyl (C=O) groups is 1. The van der Waals surface area contributed by atoms with Gasteiger partial charge in [-0.3, -0.25) is 4.79 Å². The number of amides is 1. The zero-order valence-corrected chi connectivity index (χ0v) is 10.0. The molecule has 1 atom stereocenters. The standard InChI is InChI=1S/C11H14N2O2.CH4O/c1-12-6-10(14)7-3-2-4-9-8(7)5-11(15)13-9;1-2/h2-4,10,12,14H,5-6H2,1H3,(H,13,15);2H,1H3. The van der Waals surface area contributed by atoms with Crippen molar-refractivity contribution >= 4 is 11.6 Å². The fourth-order valence-corrected chi connectivity index (χ4v) is 1.89. The number of likely N-dealkylation sites (N-methyl/N-ethyl adjacent to an activating group) is 1. The van der Waals surface area contributed by atoms with Crippen LogP contribution in [0.5, 0.6) is 0 Å². The van der Waals surface area contributed by atoms with Gasteiger partial charge in [0.1, 0.15) is 0 Å². The maximum atomic E-state index is 11.2. The molecule has 2 rings (SSSR count). The molecule has 0 saturated heterocycles. The van der Waals surface area contributed by atoms with E-state index in [1.165, 1.54) is 0 Å². The second kappa shape index (κ2) is 6.34. The lowest BCUT2D eigenvalue weighted by molar-refractivity contribution is -0.115. The van der Waals surface area contributed by atoms with E-state index in [-0.39, 0.29) is 5.91 Å². The summed E-state index contributed by atoms with van der Waals surface area (Å²) in [5.41, 5.74) is 2.58. The third-order valence-electron chi connectivity index (χ3n) is 2.58. The lowest BCUT2D eigenvalue weighted by Gasteiger charge is -2.13. The molecule has 1 heterocycles. The molecule has 94 valence electrons. The van der Waals surface area contributed by atoms with Crippen LogP contribution in [-0.4, -0.2) is 36.8 Å². The normalized spacial score (nSPS) is 14.5. The van der Waals surface area contributed by atoms with Crippen molar-refractivity contribution < 1.29 is 15.0 Å². The molecule has 5 heteroatoms. The smallest absolute Gasteiger partial charge is 0.228 e. The van der Waals surface area contributed by atoms with E-state index in [0.717, 1.165) is 23.9 Å². The number of carbonyl (C=O) groups excluding carboxylic acids is 1. The van der Waals surface area contributed by atoms with Gasteiger partial charge in [-0.2, -0.15) is 0 Å². The second-order valence-electron chi connectivity index (χ2n) is 3.67. The number of hydrogen-bond donors (Lipinski definition) is 4. The second-order valence-corrected chi connectivity index (χ2v) is 3.67. The van der Waals surface area contributed by atoms with Crippen LogP contribution in [0.25, 0.3) is 0 Å². The van der Waals surface area contributed by atoms with E-state index in [1.807, 2.05) is 18.2 Å². The number of hydrogen-bond acceptors (Lipinski definition) is 4. The molecule has 1 aliphatic heterocycles. The molecule has 0 aromatic heterocycles. The molecule has 0 fully saturated rings. The first kappa shape index (κ1) is 13.6. The van der Waals surface area contributed by atoms with Crippen LogP contribution in [0.4, 0.5) is 5.69 Å². The van der Waals surface area contributed by atoms with Gasteiger partial charge >= 0.3 is 0 Å². The minimum Gasteiger partial charge on any atom is -0.400 e. The Bertz CT molecular complexity index is 393. The van der Waals surface area contributed by atoms with Crippen molar-refractivity contribution in [3.8, 4) is 0 Å². The number of anilines is 1. The van der Waals surface area contributed by atoms with Gasteiger partial charge in [-0.15, -0.1) is 0 Å². The first-order chi connectivity index (χ1) is 8.22. The van der Waals surface area contributed by atoms with Gasteiger partial charge in [0.05, 0.1) is 12.5 Å². The van der Waals surface area contributed by atoms with Gasteiger partial charge in [0.2, 0.25) is 5.91 Å². The molecule has 0 aliphatic carbocycles. The third kappa shape index (κ3) is 3.03. The van der Waals surface area contributed by atoms with Crippen LogP contribution < -0.4 is 10.6 Å². The number of nitrogens with one attached hydrogen (secondary N) is 2. The number of rotatable bonds is 3. The van der Waals surface area contributed by atoms with Gasteiger partial charge < -0.3 is 20.8 Å². The van der Waals surface area contributed by atoms with E-state index in [9.17, 15) is 9.90 Å². The van der Waals surface area contributed by atoms with Crippen molar-refractivity contribution in [1.82, 2.24) is 5.32 Å². The van der Waals surface area contributed by atoms with E-state index >= 15 is 0 Å². The Morgan fingerprint density at radius 1 is 1.47 bits per heavy atom. The summed E-state index contributed by atoms with van der Waals surface area (Å²) in [6, 6.07) is 5.57. The number of benzene rings is 1. The molecule has 1 aromatic rings. The van der Waals surface area contributed by atoms with Gasteiger partial charge in [-0.05, 0) is 24.2 Å². The SMILES string of the molecule is CNCC(O)c1cccc2c1CC(=O)N2.CO. The molecule has 1 aromatic carbocycles. The van der Waals surface area contributed by atoms with Crippen molar-refractivity contribution in [3.05, 3.63) is 29.3 Å². The minimum absolute atomic E-state index is 0.00546. The highest BCUT2D eigenvalue weighted by molar-refractivity contribution is 5.99. The Morgan fingerprint density at radius 3 is 2.82 bits per heavy atom. The minimum atomic E-state index is -0.558. The fourth-order valence-electron chi connectivity index (χ4n) is 1.89. The van der Waals surface area contributed by atoms with Gasteiger partial charge in [0.15, 0.2) is 0 Å². The largest absolute Gasteiger partial charge is 0.400 e. The summed E-state index contributed by atoms with van der Waals surface area (Å²) < 4.78 is 0. The summed E-state index contributed by atoms with van der Waals surface area (Å²) >= 11 is 0. The van der Waals surface area contributed by atoms with Crippen molar-refractivity contribution in [2.24, 2.45) is 0 Å². The van der Waals surface area contributed by atoms with E-state index in [1.54, 1.807) is 7.05 Å². The number of aliphatic hydroxyl groups excluding tert-OH is 2. The predicted molar refractivity (Wildman–Crippen MR) is 65.8 cm³/mol. The van der Waals surface area contributed by atoms with Crippen molar-refractivity contribution in [2.75, 3.05) is 26.0 Å². The summed E-state index contributed by atoms with van der Waals surface area (Å²) in [4.78, 5) is 11.2. The van der Waals surface area contributed by atoms with Crippen LogP contribution in [0.15, 0.2) is 18.2 Å². The highest BCUT2D eigenvalue weighted by Crippen LogP contribution is 2.29. The maximum Gasteiger partial charge on any atom is 0.228 e. The predicted octanol–water partition coefficient (Wildman–Crippen LogP) is 0.0425. The van der Waals surface area contributed by atoms with Crippen LogP contribution in [0.1, 0.15) is 17.2 Å². The highest BCUT2D eigenvalue weighted by Gasteiger charge is 2.22. The number of aliphatic hydroxyl groups is 2. The van der Waals surface area contributed by atoms with E-state index < -0.39 is 6.10 Å². The first-order valence-corrected chi connectivity index (χ1v) is 5.41. The van der Waals surface area contributed by atoms with Gasteiger partial charge in [-0.1, -0.05) is 12.1 Å². The van der Waals surface area contributed by atoms with E-state index in [2.05, 4.69) is 10.6 Å². The molecule has 4 N–H and O–H groups in total. The zero-order valence-electron chi connectivity index (χ0n) is 10.0. The Labute approximate surface area is 100 Å². The Morgan fingerprint density at radius 2 is 2.18 bits per heavy atom. The molecule has 1 unspecified atom stereocenters. The molecule has 17 heavy (non-hydrogen) atoms. The van der Waals surface area contributed by atoms with E-state index in [0.29, 0.717) is 13.0 Å². The summed E-state index contributed by atoms with van der Waals surface area (Å²) in [6.45, 7) is 0.491. The van der Waals surface area contributed by atoms with Gasteiger partial charge in [-0.25, -0.2) is 0 Å². The average molecular weight is 238 g/mol. The van der Waals surface area contributed by atoms with Crippen molar-refractivity contribution in [1.29, 1.82) is 0 Å². The fraction of sp³-hybridized carbons (Fsp3) is 0.417. The molecule has 5 nitrogen and oxygen atoms in total. The summed E-state index contributed by atoms with van der Waals surface area (Å²) in [7, 11) is 2.79. The van der Waals surface area contributed by atoms with Crippen LogP contribution >= 0.6 is 0 Å². The third-order valence-corrected chi connectivity index (χ3v) is 2.58. The van der Waals surface area contributed by atoms with Gasteiger partial charge in [0.25, 0.3) is 0 Å². The summed E-state index contributed by atoms with van der Waals surface area (Å²) in [6.07, 6.45) is -0.190. The average Bonchev–Trinajstić information content (AvgIpc) is 2.71. The summed E-state index contributed by atoms with van der Waals surface area (Å²) in [5, 5.41) is 22.5. The molecule has 1 aliphatic rings. The Kier molecular flexibility index (Phi) is 5.09. The van der Waals surface area contributed by atoms with E-state index in [4.69, 9.17) is 5.11 Å². The molecule has 0 radical (unpaired) electrons.